The normalized spacial score (nSPS) is 11.0. The Morgan fingerprint density at radius 2 is 1.26 bits per heavy atom. The fourth-order valence-corrected chi connectivity index (χ4v) is 3.44. The second-order valence-corrected chi connectivity index (χ2v) is 8.43. The van der Waals surface area contributed by atoms with Gasteiger partial charge < -0.3 is 5.32 Å². The average Bonchev–Trinajstić information content (AvgIpc) is 2.91. The first kappa shape index (κ1) is 26.9. The number of hydrogen-bond acceptors (Lipinski definition) is 11. The van der Waals surface area contributed by atoms with E-state index in [9.17, 15) is 20.2 Å². The van der Waals surface area contributed by atoms with E-state index in [4.69, 9.17) is 23.2 Å². The summed E-state index contributed by atoms with van der Waals surface area (Å²) in [6.07, 6.45) is 2.61. The maximum absolute atomic E-state index is 11.0. The highest BCUT2D eigenvalue weighted by Crippen LogP contribution is 2.23. The first-order chi connectivity index (χ1) is 18.8. The van der Waals surface area contributed by atoms with Crippen LogP contribution in [-0.2, 0) is 0 Å². The van der Waals surface area contributed by atoms with Gasteiger partial charge in [0.15, 0.2) is 5.82 Å². The van der Waals surface area contributed by atoms with E-state index in [0.29, 0.717) is 16.9 Å². The Morgan fingerprint density at radius 1 is 0.718 bits per heavy atom. The second-order valence-electron chi connectivity index (χ2n) is 7.62. The van der Waals surface area contributed by atoms with Crippen LogP contribution in [0.1, 0.15) is 11.1 Å². The lowest BCUT2D eigenvalue weighted by molar-refractivity contribution is -0.385. The van der Waals surface area contributed by atoms with Gasteiger partial charge in [-0.15, -0.1) is 0 Å². The minimum absolute atomic E-state index is 0.0554. The van der Waals surface area contributed by atoms with Crippen LogP contribution in [0, 0.1) is 20.2 Å². The third-order valence-electron chi connectivity index (χ3n) is 4.90. The molecule has 0 unspecified atom stereocenters. The number of para-hydroxylation sites is 1. The summed E-state index contributed by atoms with van der Waals surface area (Å²) in [6, 6.07) is 18.8. The SMILES string of the molecule is O=[N+]([O-])c1ccc(Cl)c(C=NNc2cc(Nc3ccccc3)nc(NN=Cc3cc([N+](=O)[O-])ccc3Cl)n2)c1. The quantitative estimate of drug-likeness (QED) is 0.114. The fraction of sp³-hybridized carbons (Fsp3) is 0. The van der Waals surface area contributed by atoms with Crippen molar-refractivity contribution in [3.8, 4) is 0 Å². The van der Waals surface area contributed by atoms with Gasteiger partial charge in [-0.1, -0.05) is 41.4 Å². The van der Waals surface area contributed by atoms with Gasteiger partial charge >= 0.3 is 0 Å². The van der Waals surface area contributed by atoms with E-state index in [1.807, 2.05) is 30.3 Å². The van der Waals surface area contributed by atoms with Crippen molar-refractivity contribution in [3.63, 3.8) is 0 Å². The summed E-state index contributed by atoms with van der Waals surface area (Å²) in [5.41, 5.74) is 6.52. The number of nitro groups is 2. The van der Waals surface area contributed by atoms with Crippen molar-refractivity contribution >= 4 is 70.3 Å². The number of anilines is 4. The van der Waals surface area contributed by atoms with Gasteiger partial charge in [-0.2, -0.15) is 20.2 Å². The lowest BCUT2D eigenvalue weighted by atomic mass is 10.2. The van der Waals surface area contributed by atoms with Gasteiger partial charge in [-0.3, -0.25) is 25.7 Å². The van der Waals surface area contributed by atoms with Crippen LogP contribution in [0.3, 0.4) is 0 Å². The summed E-state index contributed by atoms with van der Waals surface area (Å²) < 4.78 is 0. The topological polar surface area (TPSA) is 173 Å². The summed E-state index contributed by atoms with van der Waals surface area (Å²) in [5, 5.41) is 33.9. The first-order valence-electron chi connectivity index (χ1n) is 11.0. The molecule has 0 amide bonds. The molecule has 1 aromatic heterocycles. The van der Waals surface area contributed by atoms with Crippen molar-refractivity contribution in [2.24, 2.45) is 10.2 Å². The lowest BCUT2D eigenvalue weighted by Crippen LogP contribution is -2.04. The lowest BCUT2D eigenvalue weighted by Gasteiger charge is -2.09. The standard InChI is InChI=1S/C24H17Cl2N9O4/c25-20-8-6-18(34(36)37)10-15(20)13-27-32-23-12-22(29-17-4-2-1-3-5-17)30-24(31-23)33-28-14-16-11-19(35(38)39)7-9-21(16)26/h1-14H,(H3,29,30,31,32,33). The fourth-order valence-electron chi connectivity index (χ4n) is 3.10. The summed E-state index contributed by atoms with van der Waals surface area (Å²) in [4.78, 5) is 29.7. The molecule has 4 rings (SSSR count). The van der Waals surface area contributed by atoms with Gasteiger partial charge in [0, 0.05) is 57.2 Å². The molecule has 0 radical (unpaired) electrons. The molecule has 1 heterocycles. The summed E-state index contributed by atoms with van der Waals surface area (Å²) >= 11 is 12.2. The van der Waals surface area contributed by atoms with Crippen LogP contribution >= 0.6 is 23.2 Å². The van der Waals surface area contributed by atoms with Crippen molar-refractivity contribution in [2.45, 2.75) is 0 Å². The summed E-state index contributed by atoms with van der Waals surface area (Å²) in [6.45, 7) is 0. The molecule has 0 saturated carbocycles. The molecule has 0 aliphatic heterocycles. The molecule has 0 aliphatic rings. The van der Waals surface area contributed by atoms with Crippen molar-refractivity contribution in [2.75, 3.05) is 16.2 Å². The van der Waals surface area contributed by atoms with Crippen LogP contribution in [0.5, 0.6) is 0 Å². The number of nitrogens with one attached hydrogen (secondary N) is 3. The molecule has 196 valence electrons. The second kappa shape index (κ2) is 12.4. The number of nitrogens with zero attached hydrogens (tertiary/aromatic N) is 6. The van der Waals surface area contributed by atoms with Crippen LogP contribution in [0.2, 0.25) is 10.0 Å². The van der Waals surface area contributed by atoms with Crippen LogP contribution in [-0.4, -0.2) is 32.2 Å². The monoisotopic (exact) mass is 565 g/mol. The molecule has 15 heteroatoms. The average molecular weight is 566 g/mol. The van der Waals surface area contributed by atoms with Crippen molar-refractivity contribution in [1.82, 2.24) is 9.97 Å². The van der Waals surface area contributed by atoms with Crippen LogP contribution in [0.4, 0.5) is 34.6 Å². The molecular weight excluding hydrogens is 549 g/mol. The zero-order chi connectivity index (χ0) is 27.8. The van der Waals surface area contributed by atoms with E-state index in [1.54, 1.807) is 6.07 Å². The Bertz CT molecular complexity index is 1490. The van der Waals surface area contributed by atoms with Gasteiger partial charge in [-0.05, 0) is 24.3 Å². The summed E-state index contributed by atoms with van der Waals surface area (Å²) in [5.74, 6) is 0.681. The van der Waals surface area contributed by atoms with Crippen molar-refractivity contribution in [3.05, 3.63) is 114 Å². The van der Waals surface area contributed by atoms with E-state index in [1.165, 1.54) is 48.8 Å². The van der Waals surface area contributed by atoms with Gasteiger partial charge in [0.05, 0.1) is 22.3 Å². The molecular formula is C24H17Cl2N9O4. The number of nitro benzene ring substituents is 2. The summed E-state index contributed by atoms with van der Waals surface area (Å²) in [7, 11) is 0. The molecule has 3 N–H and O–H groups in total. The van der Waals surface area contributed by atoms with E-state index in [0.717, 1.165) is 5.69 Å². The molecule has 0 atom stereocenters. The maximum Gasteiger partial charge on any atom is 0.270 e. The number of rotatable bonds is 10. The minimum atomic E-state index is -0.539. The molecule has 0 spiro atoms. The molecule has 39 heavy (non-hydrogen) atoms. The third-order valence-corrected chi connectivity index (χ3v) is 5.59. The van der Waals surface area contributed by atoms with Crippen LogP contribution in [0.15, 0.2) is 83.0 Å². The van der Waals surface area contributed by atoms with Crippen molar-refractivity contribution in [1.29, 1.82) is 0 Å². The first-order valence-corrected chi connectivity index (χ1v) is 11.7. The van der Waals surface area contributed by atoms with Crippen LogP contribution < -0.4 is 16.2 Å². The molecule has 13 nitrogen and oxygen atoms in total. The van der Waals surface area contributed by atoms with Gasteiger partial charge in [-0.25, -0.2) is 5.43 Å². The Labute approximate surface area is 230 Å². The highest BCUT2D eigenvalue weighted by atomic mass is 35.5. The Kier molecular flexibility index (Phi) is 8.56. The molecule has 3 aromatic carbocycles. The number of hydrogen-bond donors (Lipinski definition) is 3. The minimum Gasteiger partial charge on any atom is -0.340 e. The zero-order valence-corrected chi connectivity index (χ0v) is 21.2. The molecule has 0 saturated heterocycles. The van der Waals surface area contributed by atoms with Crippen LogP contribution in [0.25, 0.3) is 0 Å². The molecule has 0 bridgehead atoms. The molecule has 0 aliphatic carbocycles. The maximum atomic E-state index is 11.0. The Morgan fingerprint density at radius 3 is 1.82 bits per heavy atom. The number of benzene rings is 3. The zero-order valence-electron chi connectivity index (χ0n) is 19.7. The largest absolute Gasteiger partial charge is 0.340 e. The highest BCUT2D eigenvalue weighted by molar-refractivity contribution is 6.33. The van der Waals surface area contributed by atoms with Gasteiger partial charge in [0.2, 0.25) is 5.95 Å². The number of non-ortho nitro benzene ring substituents is 2. The predicted molar refractivity (Wildman–Crippen MR) is 150 cm³/mol. The van der Waals surface area contributed by atoms with Gasteiger partial charge in [0.1, 0.15) is 5.82 Å². The van der Waals surface area contributed by atoms with E-state index in [-0.39, 0.29) is 33.2 Å². The van der Waals surface area contributed by atoms with Crippen molar-refractivity contribution < 1.29 is 9.85 Å². The number of hydrazone groups is 2. The van der Waals surface area contributed by atoms with Gasteiger partial charge in [0.25, 0.3) is 11.4 Å². The predicted octanol–water partition coefficient (Wildman–Crippen LogP) is 6.24. The third kappa shape index (κ3) is 7.44. The Hall–Kier alpha value is -5.14. The smallest absolute Gasteiger partial charge is 0.270 e. The van der Waals surface area contributed by atoms with E-state index < -0.39 is 9.85 Å². The number of halogens is 2. The highest BCUT2D eigenvalue weighted by Gasteiger charge is 2.10. The Balaban J connectivity index is 1.57. The molecule has 4 aromatic rings. The molecule has 0 fully saturated rings. The van der Waals surface area contributed by atoms with E-state index >= 15 is 0 Å². The van der Waals surface area contributed by atoms with E-state index in [2.05, 4.69) is 36.3 Å². The number of aromatic nitrogens is 2.